The molecule has 3 nitrogen and oxygen atoms in total. The predicted molar refractivity (Wildman–Crippen MR) is 68.0 cm³/mol. The summed E-state index contributed by atoms with van der Waals surface area (Å²) in [6.45, 7) is 4.07. The number of nitrogens with two attached hydrogens (primary N) is 1. The Balaban J connectivity index is 2.52. The number of aromatic nitrogens is 1. The lowest BCUT2D eigenvalue weighted by Crippen LogP contribution is -1.92. The Bertz CT molecular complexity index is 496. The van der Waals surface area contributed by atoms with Crippen molar-refractivity contribution in [3.05, 3.63) is 28.6 Å². The lowest BCUT2D eigenvalue weighted by molar-refractivity contribution is 0.408. The minimum absolute atomic E-state index is 0.598. The molecule has 0 saturated heterocycles. The number of methoxy groups -OCH3 is 1. The molecule has 84 valence electrons. The van der Waals surface area contributed by atoms with Crippen LogP contribution in [0.15, 0.2) is 17.5 Å². The monoisotopic (exact) mass is 234 g/mol. The molecule has 0 fully saturated rings. The van der Waals surface area contributed by atoms with Crippen LogP contribution in [0.1, 0.15) is 11.1 Å². The predicted octanol–water partition coefficient (Wildman–Crippen LogP) is 3.02. The van der Waals surface area contributed by atoms with Gasteiger partial charge >= 0.3 is 0 Å². The molecule has 0 atom stereocenters. The van der Waals surface area contributed by atoms with Gasteiger partial charge in [-0.05, 0) is 37.1 Å². The van der Waals surface area contributed by atoms with Crippen LogP contribution in [0.3, 0.4) is 0 Å². The molecule has 4 heteroatoms. The lowest BCUT2D eigenvalue weighted by atomic mass is 10.0. The van der Waals surface area contributed by atoms with Crippen molar-refractivity contribution in [2.45, 2.75) is 13.8 Å². The molecule has 0 amide bonds. The molecule has 0 aliphatic carbocycles. The van der Waals surface area contributed by atoms with Gasteiger partial charge in [0.25, 0.3) is 0 Å². The van der Waals surface area contributed by atoms with Crippen molar-refractivity contribution in [2.24, 2.45) is 0 Å². The third-order valence-corrected chi connectivity index (χ3v) is 3.16. The summed E-state index contributed by atoms with van der Waals surface area (Å²) in [5, 5.41) is 2.57. The van der Waals surface area contributed by atoms with Crippen molar-refractivity contribution in [1.82, 2.24) is 4.98 Å². The largest absolute Gasteiger partial charge is 0.496 e. The van der Waals surface area contributed by atoms with Crippen LogP contribution in [0.25, 0.3) is 11.3 Å². The highest BCUT2D eigenvalue weighted by molar-refractivity contribution is 7.13. The molecule has 1 aromatic carbocycles. The van der Waals surface area contributed by atoms with Gasteiger partial charge in [-0.2, -0.15) is 0 Å². The van der Waals surface area contributed by atoms with E-state index < -0.39 is 0 Å². The fraction of sp³-hybridized carbons (Fsp3) is 0.250. The van der Waals surface area contributed by atoms with E-state index in [0.29, 0.717) is 5.13 Å². The van der Waals surface area contributed by atoms with Crippen molar-refractivity contribution < 1.29 is 4.74 Å². The Labute approximate surface area is 98.9 Å². The van der Waals surface area contributed by atoms with E-state index in [1.54, 1.807) is 7.11 Å². The zero-order chi connectivity index (χ0) is 11.7. The highest BCUT2D eigenvalue weighted by atomic mass is 32.1. The Morgan fingerprint density at radius 1 is 1.25 bits per heavy atom. The topological polar surface area (TPSA) is 48.1 Å². The molecule has 16 heavy (non-hydrogen) atoms. The number of nitrogen functional groups attached to an aromatic ring is 1. The number of nitrogens with zero attached hydrogens (tertiary/aromatic N) is 1. The summed E-state index contributed by atoms with van der Waals surface area (Å²) in [4.78, 5) is 4.27. The smallest absolute Gasteiger partial charge is 0.180 e. The minimum Gasteiger partial charge on any atom is -0.496 e. The summed E-state index contributed by atoms with van der Waals surface area (Å²) in [6, 6.07) is 4.14. The van der Waals surface area contributed by atoms with Gasteiger partial charge in [-0.1, -0.05) is 0 Å². The van der Waals surface area contributed by atoms with Gasteiger partial charge < -0.3 is 10.5 Å². The van der Waals surface area contributed by atoms with Crippen LogP contribution in [0.4, 0.5) is 5.13 Å². The summed E-state index contributed by atoms with van der Waals surface area (Å²) in [5.74, 6) is 0.937. The van der Waals surface area contributed by atoms with E-state index in [4.69, 9.17) is 10.5 Å². The van der Waals surface area contributed by atoms with Gasteiger partial charge in [0.15, 0.2) is 5.13 Å². The van der Waals surface area contributed by atoms with Crippen LogP contribution in [0, 0.1) is 13.8 Å². The third kappa shape index (κ3) is 1.88. The van der Waals surface area contributed by atoms with Gasteiger partial charge in [-0.25, -0.2) is 4.98 Å². The van der Waals surface area contributed by atoms with Crippen LogP contribution in [-0.2, 0) is 0 Å². The average molecular weight is 234 g/mol. The third-order valence-electron chi connectivity index (χ3n) is 2.48. The molecule has 2 aromatic rings. The Morgan fingerprint density at radius 2 is 1.88 bits per heavy atom. The first-order chi connectivity index (χ1) is 7.61. The van der Waals surface area contributed by atoms with Crippen LogP contribution < -0.4 is 10.5 Å². The van der Waals surface area contributed by atoms with Gasteiger partial charge in [-0.15, -0.1) is 11.3 Å². The first-order valence-electron chi connectivity index (χ1n) is 4.98. The van der Waals surface area contributed by atoms with Gasteiger partial charge in [0.2, 0.25) is 0 Å². The molecule has 0 saturated carbocycles. The number of ether oxygens (including phenoxy) is 1. The fourth-order valence-corrected chi connectivity index (χ4v) is 2.41. The van der Waals surface area contributed by atoms with E-state index in [9.17, 15) is 0 Å². The Hall–Kier alpha value is -1.55. The SMILES string of the molecule is COc1c(C)cc(-c2csc(N)n2)cc1C. The Morgan fingerprint density at radius 3 is 2.31 bits per heavy atom. The van der Waals surface area contributed by atoms with E-state index >= 15 is 0 Å². The van der Waals surface area contributed by atoms with E-state index in [2.05, 4.69) is 17.1 Å². The van der Waals surface area contributed by atoms with Crippen molar-refractivity contribution in [3.8, 4) is 17.0 Å². The number of anilines is 1. The summed E-state index contributed by atoms with van der Waals surface area (Å²) >= 11 is 1.46. The minimum atomic E-state index is 0.598. The molecule has 1 heterocycles. The molecule has 0 spiro atoms. The fourth-order valence-electron chi connectivity index (χ4n) is 1.84. The molecule has 0 radical (unpaired) electrons. The summed E-state index contributed by atoms with van der Waals surface area (Å²) in [7, 11) is 1.69. The number of rotatable bonds is 2. The maximum absolute atomic E-state index is 5.63. The molecular weight excluding hydrogens is 220 g/mol. The van der Waals surface area contributed by atoms with Crippen LogP contribution >= 0.6 is 11.3 Å². The van der Waals surface area contributed by atoms with Crippen LogP contribution in [-0.4, -0.2) is 12.1 Å². The zero-order valence-electron chi connectivity index (χ0n) is 9.57. The number of benzene rings is 1. The number of aryl methyl sites for hydroxylation is 2. The molecule has 0 aliphatic rings. The van der Waals surface area contributed by atoms with E-state index in [-0.39, 0.29) is 0 Å². The van der Waals surface area contributed by atoms with Gasteiger partial charge in [0.05, 0.1) is 12.8 Å². The van der Waals surface area contributed by atoms with Crippen LogP contribution in [0.5, 0.6) is 5.75 Å². The summed E-state index contributed by atoms with van der Waals surface area (Å²) < 4.78 is 5.33. The first kappa shape index (κ1) is 11.0. The molecule has 2 rings (SSSR count). The zero-order valence-corrected chi connectivity index (χ0v) is 10.4. The second kappa shape index (κ2) is 4.14. The van der Waals surface area contributed by atoms with Crippen molar-refractivity contribution >= 4 is 16.5 Å². The maximum atomic E-state index is 5.63. The number of thiazole rings is 1. The molecule has 0 bridgehead atoms. The van der Waals surface area contributed by atoms with E-state index in [1.165, 1.54) is 11.3 Å². The second-order valence-electron chi connectivity index (χ2n) is 3.71. The Kier molecular flexibility index (Phi) is 2.83. The van der Waals surface area contributed by atoms with Crippen molar-refractivity contribution in [1.29, 1.82) is 0 Å². The molecule has 2 N–H and O–H groups in total. The molecule has 0 unspecified atom stereocenters. The number of hydrogen-bond donors (Lipinski definition) is 1. The van der Waals surface area contributed by atoms with Crippen molar-refractivity contribution in [2.75, 3.05) is 12.8 Å². The van der Waals surface area contributed by atoms with Crippen molar-refractivity contribution in [3.63, 3.8) is 0 Å². The molecular formula is C12H14N2OS. The summed E-state index contributed by atoms with van der Waals surface area (Å²) in [5.41, 5.74) is 9.87. The number of hydrogen-bond acceptors (Lipinski definition) is 4. The highest BCUT2D eigenvalue weighted by Crippen LogP contribution is 2.30. The van der Waals surface area contributed by atoms with Gasteiger partial charge in [0, 0.05) is 10.9 Å². The normalized spacial score (nSPS) is 10.4. The quantitative estimate of drug-likeness (QED) is 0.869. The average Bonchev–Trinajstić information content (AvgIpc) is 2.64. The summed E-state index contributed by atoms with van der Waals surface area (Å²) in [6.07, 6.45) is 0. The molecule has 1 aromatic heterocycles. The standard InChI is InChI=1S/C12H14N2OS/c1-7-4-9(5-8(2)11(7)15-3)10-6-16-12(13)14-10/h4-6H,1-3H3,(H2,13,14). The first-order valence-corrected chi connectivity index (χ1v) is 5.86. The van der Waals surface area contributed by atoms with E-state index in [1.807, 2.05) is 19.2 Å². The van der Waals surface area contributed by atoms with Gasteiger partial charge in [0.1, 0.15) is 5.75 Å². The van der Waals surface area contributed by atoms with Gasteiger partial charge in [-0.3, -0.25) is 0 Å². The van der Waals surface area contributed by atoms with E-state index in [0.717, 1.165) is 28.1 Å². The lowest BCUT2D eigenvalue weighted by Gasteiger charge is -2.10. The second-order valence-corrected chi connectivity index (χ2v) is 4.60. The maximum Gasteiger partial charge on any atom is 0.180 e. The highest BCUT2D eigenvalue weighted by Gasteiger charge is 2.08. The van der Waals surface area contributed by atoms with Crippen LogP contribution in [0.2, 0.25) is 0 Å². The molecule has 0 aliphatic heterocycles.